The number of nitrogens with one attached hydrogen (secondary N) is 1. The van der Waals surface area contributed by atoms with Crippen LogP contribution in [0.1, 0.15) is 46.5 Å². The van der Waals surface area contributed by atoms with E-state index in [9.17, 15) is 13.2 Å². The average molecular weight is 701 g/mol. The molecule has 0 atom stereocenters. The van der Waals surface area contributed by atoms with E-state index in [1.54, 1.807) is 37.8 Å². The number of carbonyl (C=O) groups is 1. The third kappa shape index (κ3) is 7.36. The lowest BCUT2D eigenvalue weighted by atomic mass is 10.0. The fourth-order valence-electron chi connectivity index (χ4n) is 6.13. The number of anilines is 2. The van der Waals surface area contributed by atoms with Crippen molar-refractivity contribution in [1.29, 1.82) is 0 Å². The molecule has 1 saturated heterocycles. The summed E-state index contributed by atoms with van der Waals surface area (Å²) in [6, 6.07) is 7.02. The lowest BCUT2D eigenvalue weighted by molar-refractivity contribution is 0.0240. The van der Waals surface area contributed by atoms with Crippen LogP contribution in [-0.2, 0) is 14.8 Å². The van der Waals surface area contributed by atoms with Crippen molar-refractivity contribution in [1.82, 2.24) is 19.7 Å². The molecule has 1 amide bonds. The maximum Gasteiger partial charge on any atom is 0.410 e. The van der Waals surface area contributed by atoms with E-state index in [4.69, 9.17) is 4.74 Å². The van der Waals surface area contributed by atoms with Crippen molar-refractivity contribution >= 4 is 27.5 Å². The molecule has 1 aliphatic heterocycles. The molecule has 3 heterocycles. The van der Waals surface area contributed by atoms with E-state index in [2.05, 4.69) is 14.8 Å². The highest BCUT2D eigenvalue weighted by Crippen LogP contribution is 2.38. The predicted molar refractivity (Wildman–Crippen MR) is 177 cm³/mol. The molecule has 1 aliphatic carbocycles. The first-order valence-electron chi connectivity index (χ1n) is 15.9. The van der Waals surface area contributed by atoms with Crippen molar-refractivity contribution in [2.45, 2.75) is 57.3 Å². The van der Waals surface area contributed by atoms with Crippen LogP contribution < -0.4 is 9.62 Å². The summed E-state index contributed by atoms with van der Waals surface area (Å²) in [7, 11) is -4.01. The minimum Gasteiger partial charge on any atom is -0.444 e. The highest BCUT2D eigenvalue weighted by atomic mass is 32.2. The second-order valence-corrected chi connectivity index (χ2v) is 15.1. The van der Waals surface area contributed by atoms with Gasteiger partial charge in [0.2, 0.25) is 10.0 Å². The topological polar surface area (TPSA) is 110 Å². The van der Waals surface area contributed by atoms with E-state index < -0.39 is 61.6 Å². The standard InChI is InChI=1S/C34H36F4N6O4S/c1-34(2,3)48-33(45)43-14-12-42(13-15-43)23-18-27(36)32(28(37)19-23)44-20-26(31(40-44)21-8-10-39-11-9-21)25-16-22(35)17-29(30(25)38)41-49(46,47)24-6-4-5-7-24/h8-11,16-20,24,41H,4-7,12-15H2,1-3H3. The van der Waals surface area contributed by atoms with Crippen molar-refractivity contribution in [3.8, 4) is 28.1 Å². The normalized spacial score (nSPS) is 15.9. The maximum atomic E-state index is 16.1. The fraction of sp³-hybridized carbons (Fsp3) is 0.382. The molecule has 2 aliphatic rings. The number of piperazine rings is 1. The number of hydrogen-bond acceptors (Lipinski definition) is 7. The van der Waals surface area contributed by atoms with E-state index >= 15 is 17.6 Å². The number of benzene rings is 2. The Hall–Kier alpha value is -4.66. The molecular formula is C34H36F4N6O4S. The van der Waals surface area contributed by atoms with E-state index in [0.717, 1.165) is 41.8 Å². The number of rotatable bonds is 7. The summed E-state index contributed by atoms with van der Waals surface area (Å²) in [5.41, 5.74) is -1.50. The van der Waals surface area contributed by atoms with Gasteiger partial charge in [-0.15, -0.1) is 0 Å². The second-order valence-electron chi connectivity index (χ2n) is 13.2. The van der Waals surface area contributed by atoms with Gasteiger partial charge in [0.25, 0.3) is 0 Å². The quantitative estimate of drug-likeness (QED) is 0.209. The molecule has 49 heavy (non-hydrogen) atoms. The van der Waals surface area contributed by atoms with Gasteiger partial charge < -0.3 is 14.5 Å². The van der Waals surface area contributed by atoms with Gasteiger partial charge in [-0.05, 0) is 63.9 Å². The number of sulfonamides is 1. The molecule has 15 heteroatoms. The molecule has 260 valence electrons. The first kappa shape index (κ1) is 34.2. The Balaban J connectivity index is 1.34. The van der Waals surface area contributed by atoms with Crippen LogP contribution in [0.2, 0.25) is 0 Å². The third-order valence-corrected chi connectivity index (χ3v) is 10.4. The highest BCUT2D eigenvalue weighted by Gasteiger charge is 2.31. The predicted octanol–water partition coefficient (Wildman–Crippen LogP) is 6.90. The summed E-state index contributed by atoms with van der Waals surface area (Å²) in [5, 5.41) is 3.67. The van der Waals surface area contributed by atoms with Crippen molar-refractivity contribution in [3.63, 3.8) is 0 Å². The zero-order chi connectivity index (χ0) is 35.1. The van der Waals surface area contributed by atoms with Crippen LogP contribution in [0.5, 0.6) is 0 Å². The summed E-state index contributed by atoms with van der Waals surface area (Å²) >= 11 is 0. The van der Waals surface area contributed by atoms with Crippen molar-refractivity contribution in [2.75, 3.05) is 35.8 Å². The van der Waals surface area contributed by atoms with Gasteiger partial charge in [0.15, 0.2) is 17.5 Å². The van der Waals surface area contributed by atoms with Crippen LogP contribution in [0.15, 0.2) is 55.0 Å². The average Bonchev–Trinajstić information content (AvgIpc) is 3.74. The lowest BCUT2D eigenvalue weighted by Gasteiger charge is -2.36. The first-order valence-corrected chi connectivity index (χ1v) is 17.5. The number of carbonyl (C=O) groups excluding carboxylic acids is 1. The van der Waals surface area contributed by atoms with Gasteiger partial charge in [-0.1, -0.05) is 12.8 Å². The number of ether oxygens (including phenoxy) is 1. The van der Waals surface area contributed by atoms with Gasteiger partial charge in [0.05, 0.1) is 10.9 Å². The van der Waals surface area contributed by atoms with Gasteiger partial charge >= 0.3 is 6.09 Å². The Morgan fingerprint density at radius 2 is 1.55 bits per heavy atom. The zero-order valence-corrected chi connectivity index (χ0v) is 28.0. The number of pyridine rings is 1. The Bertz CT molecular complexity index is 1950. The molecule has 2 aromatic carbocycles. The van der Waals surface area contributed by atoms with E-state index in [1.807, 2.05) is 0 Å². The molecular weight excluding hydrogens is 664 g/mol. The van der Waals surface area contributed by atoms with E-state index in [1.165, 1.54) is 23.5 Å². The summed E-state index contributed by atoms with van der Waals surface area (Å²) in [4.78, 5) is 19.7. The molecule has 10 nitrogen and oxygen atoms in total. The van der Waals surface area contributed by atoms with E-state index in [0.29, 0.717) is 31.5 Å². The highest BCUT2D eigenvalue weighted by molar-refractivity contribution is 7.93. The number of hydrogen-bond donors (Lipinski definition) is 1. The Labute approximate surface area is 281 Å². The minimum atomic E-state index is -4.01. The summed E-state index contributed by atoms with van der Waals surface area (Å²) in [6.45, 7) is 6.49. The summed E-state index contributed by atoms with van der Waals surface area (Å²) in [5.74, 6) is -3.93. The molecule has 1 saturated carbocycles. The van der Waals surface area contributed by atoms with Crippen LogP contribution in [0.25, 0.3) is 28.1 Å². The fourth-order valence-corrected chi connectivity index (χ4v) is 7.71. The first-order chi connectivity index (χ1) is 23.2. The van der Waals surface area contributed by atoms with Gasteiger partial charge in [-0.2, -0.15) is 5.10 Å². The summed E-state index contributed by atoms with van der Waals surface area (Å²) < 4.78 is 97.2. The Morgan fingerprint density at radius 1 is 0.918 bits per heavy atom. The van der Waals surface area contributed by atoms with Gasteiger partial charge in [-0.25, -0.2) is 35.5 Å². The minimum absolute atomic E-state index is 0.0364. The molecule has 6 rings (SSSR count). The van der Waals surface area contributed by atoms with E-state index in [-0.39, 0.29) is 35.6 Å². The van der Waals surface area contributed by atoms with Crippen molar-refractivity contribution in [2.24, 2.45) is 0 Å². The molecule has 0 bridgehead atoms. The molecule has 0 radical (unpaired) electrons. The monoisotopic (exact) mass is 700 g/mol. The smallest absolute Gasteiger partial charge is 0.410 e. The lowest BCUT2D eigenvalue weighted by Crippen LogP contribution is -2.50. The van der Waals surface area contributed by atoms with Crippen LogP contribution >= 0.6 is 0 Å². The maximum absolute atomic E-state index is 16.1. The Kier molecular flexibility index (Phi) is 9.31. The van der Waals surface area contributed by atoms with Crippen LogP contribution in [0.4, 0.5) is 33.7 Å². The third-order valence-electron chi connectivity index (χ3n) is 8.52. The number of nitrogens with zero attached hydrogens (tertiary/aromatic N) is 5. The number of amides is 1. The molecule has 0 unspecified atom stereocenters. The van der Waals surface area contributed by atoms with Crippen LogP contribution in [0, 0.1) is 23.3 Å². The van der Waals surface area contributed by atoms with Crippen molar-refractivity contribution < 1.29 is 35.5 Å². The largest absolute Gasteiger partial charge is 0.444 e. The van der Waals surface area contributed by atoms with Crippen LogP contribution in [0.3, 0.4) is 0 Å². The SMILES string of the molecule is CC(C)(C)OC(=O)N1CCN(c2cc(F)c(-n3cc(-c4cc(F)cc(NS(=O)(=O)C5CCCC5)c4F)c(-c4ccncc4)n3)c(F)c2)CC1. The molecule has 2 fully saturated rings. The molecule has 4 aromatic rings. The van der Waals surface area contributed by atoms with Gasteiger partial charge in [0.1, 0.15) is 22.8 Å². The second kappa shape index (κ2) is 13.3. The van der Waals surface area contributed by atoms with Gasteiger partial charge in [-0.3, -0.25) is 9.71 Å². The Morgan fingerprint density at radius 3 is 2.16 bits per heavy atom. The van der Waals surface area contributed by atoms with Gasteiger partial charge in [0, 0.05) is 73.2 Å². The number of aromatic nitrogens is 3. The number of halogens is 4. The molecule has 0 spiro atoms. The molecule has 2 aromatic heterocycles. The van der Waals surface area contributed by atoms with Crippen molar-refractivity contribution in [3.05, 3.63) is 78.3 Å². The molecule has 1 N–H and O–H groups in total. The zero-order valence-electron chi connectivity index (χ0n) is 27.2. The van der Waals surface area contributed by atoms with Crippen LogP contribution in [-0.4, -0.2) is 71.2 Å². The summed E-state index contributed by atoms with van der Waals surface area (Å²) in [6.07, 6.45) is 5.86.